The number of carbonyl (C=O) groups excluding carboxylic acids is 2. The Morgan fingerprint density at radius 2 is 1.95 bits per heavy atom. The number of rotatable bonds is 10. The van der Waals surface area contributed by atoms with Gasteiger partial charge in [-0.25, -0.2) is 13.8 Å². The molecule has 2 aliphatic carbocycles. The number of benzene rings is 1. The van der Waals surface area contributed by atoms with Gasteiger partial charge >= 0.3 is 0 Å². The number of hydrogen-bond donors (Lipinski definition) is 3. The molecule has 2 aliphatic rings. The topological polar surface area (TPSA) is 88.0 Å². The lowest BCUT2D eigenvalue weighted by Gasteiger charge is -2.29. The van der Waals surface area contributed by atoms with E-state index in [0.717, 1.165) is 25.3 Å². The van der Waals surface area contributed by atoms with E-state index >= 15 is 0 Å². The third-order valence-electron chi connectivity index (χ3n) is 7.75. The quantitative estimate of drug-likeness (QED) is 0.435. The molecule has 7 nitrogen and oxygen atoms in total. The molecule has 0 radical (unpaired) electrons. The third kappa shape index (κ3) is 7.37. The molecule has 4 rings (SSSR count). The Bertz CT molecular complexity index is 1080. The van der Waals surface area contributed by atoms with Crippen LogP contribution in [0, 0.1) is 17.6 Å². The molecule has 1 fully saturated rings. The molecule has 0 bridgehead atoms. The van der Waals surface area contributed by atoms with Crippen molar-refractivity contribution in [3.05, 3.63) is 47.4 Å². The van der Waals surface area contributed by atoms with E-state index < -0.39 is 17.7 Å². The molecule has 3 atom stereocenters. The smallest absolute Gasteiger partial charge is 0.242 e. The van der Waals surface area contributed by atoms with Crippen LogP contribution in [0.25, 0.3) is 0 Å². The summed E-state index contributed by atoms with van der Waals surface area (Å²) in [7, 11) is 0. The van der Waals surface area contributed by atoms with Crippen molar-refractivity contribution in [1.82, 2.24) is 20.2 Å². The van der Waals surface area contributed by atoms with Crippen LogP contribution >= 0.6 is 0 Å². The zero-order chi connectivity index (χ0) is 26.4. The van der Waals surface area contributed by atoms with E-state index in [1.807, 2.05) is 6.92 Å². The van der Waals surface area contributed by atoms with E-state index in [9.17, 15) is 18.4 Å². The van der Waals surface area contributed by atoms with Gasteiger partial charge in [0.05, 0.1) is 12.4 Å². The molecule has 2 amide bonds. The fourth-order valence-corrected chi connectivity index (χ4v) is 5.73. The van der Waals surface area contributed by atoms with Gasteiger partial charge in [0.15, 0.2) is 5.82 Å². The Labute approximate surface area is 217 Å². The van der Waals surface area contributed by atoms with Crippen LogP contribution in [-0.2, 0) is 29.0 Å². The Balaban J connectivity index is 1.29. The minimum atomic E-state index is -0.554. The summed E-state index contributed by atoms with van der Waals surface area (Å²) >= 11 is 0. The molecule has 1 heterocycles. The van der Waals surface area contributed by atoms with Crippen LogP contribution in [0.5, 0.6) is 0 Å². The molecule has 1 aromatic heterocycles. The van der Waals surface area contributed by atoms with Gasteiger partial charge < -0.3 is 20.5 Å². The number of nitrogens with one attached hydrogen (secondary N) is 3. The predicted molar refractivity (Wildman–Crippen MR) is 139 cm³/mol. The molecule has 0 unspecified atom stereocenters. The van der Waals surface area contributed by atoms with Crippen molar-refractivity contribution >= 4 is 17.6 Å². The monoisotopic (exact) mass is 515 g/mol. The second-order valence-electron chi connectivity index (χ2n) is 10.6. The van der Waals surface area contributed by atoms with Gasteiger partial charge in [0, 0.05) is 24.3 Å². The number of carbonyl (C=O) groups is 2. The Hall–Kier alpha value is -2.81. The second-order valence-corrected chi connectivity index (χ2v) is 10.6. The molecule has 0 spiro atoms. The second kappa shape index (κ2) is 12.6. The first kappa shape index (κ1) is 27.2. The highest BCUT2D eigenvalue weighted by Gasteiger charge is 2.27. The molecular weight excluding hydrogens is 476 g/mol. The highest BCUT2D eigenvalue weighted by Crippen LogP contribution is 2.27. The van der Waals surface area contributed by atoms with Gasteiger partial charge in [0.25, 0.3) is 0 Å². The zero-order valence-electron chi connectivity index (χ0n) is 21.9. The van der Waals surface area contributed by atoms with Crippen LogP contribution in [0.2, 0.25) is 0 Å². The number of nitrogens with zero attached hydrogens (tertiary/aromatic N) is 2. The summed E-state index contributed by atoms with van der Waals surface area (Å²) in [6, 6.07) is 1.92. The van der Waals surface area contributed by atoms with Crippen LogP contribution in [0.15, 0.2) is 24.7 Å². The van der Waals surface area contributed by atoms with Gasteiger partial charge in [0.2, 0.25) is 11.8 Å². The van der Waals surface area contributed by atoms with Crippen LogP contribution in [0.4, 0.5) is 14.6 Å². The highest BCUT2D eigenvalue weighted by atomic mass is 19.1. The molecular formula is C28H39F2N5O2. The van der Waals surface area contributed by atoms with Gasteiger partial charge in [-0.2, -0.15) is 0 Å². The van der Waals surface area contributed by atoms with Crippen molar-refractivity contribution in [3.63, 3.8) is 0 Å². The number of amides is 2. The van der Waals surface area contributed by atoms with E-state index in [0.29, 0.717) is 48.5 Å². The summed E-state index contributed by atoms with van der Waals surface area (Å²) in [4.78, 5) is 29.9. The van der Waals surface area contributed by atoms with Crippen LogP contribution < -0.4 is 16.0 Å². The largest absolute Gasteiger partial charge is 0.352 e. The van der Waals surface area contributed by atoms with E-state index in [1.165, 1.54) is 25.3 Å². The summed E-state index contributed by atoms with van der Waals surface area (Å²) in [6.45, 7) is 4.22. The maximum absolute atomic E-state index is 14.3. The van der Waals surface area contributed by atoms with Crippen molar-refractivity contribution < 1.29 is 18.4 Å². The predicted octanol–water partition coefficient (Wildman–Crippen LogP) is 4.50. The number of halogens is 2. The lowest BCUT2D eigenvalue weighted by Crippen LogP contribution is -2.48. The molecule has 0 saturated heterocycles. The molecule has 37 heavy (non-hydrogen) atoms. The number of imidazole rings is 1. The summed E-state index contributed by atoms with van der Waals surface area (Å²) in [5, 5.41) is 9.34. The maximum atomic E-state index is 14.3. The molecule has 1 saturated carbocycles. The normalized spacial score (nSPS) is 19.6. The number of fused-ring (bicyclic) bond motifs is 1. The number of anilines is 1. The molecule has 0 aliphatic heterocycles. The summed E-state index contributed by atoms with van der Waals surface area (Å²) < 4.78 is 29.5. The first-order valence-electron chi connectivity index (χ1n) is 13.7. The van der Waals surface area contributed by atoms with Gasteiger partial charge in [-0.15, -0.1) is 0 Å². The van der Waals surface area contributed by atoms with Crippen molar-refractivity contribution in [2.45, 2.75) is 103 Å². The number of hydrogen-bond acceptors (Lipinski definition) is 4. The molecule has 202 valence electrons. The van der Waals surface area contributed by atoms with Gasteiger partial charge in [-0.1, -0.05) is 32.6 Å². The van der Waals surface area contributed by atoms with E-state index in [-0.39, 0.29) is 30.4 Å². The van der Waals surface area contributed by atoms with Crippen LogP contribution in [-0.4, -0.2) is 39.5 Å². The minimum Gasteiger partial charge on any atom is -0.352 e. The third-order valence-corrected chi connectivity index (χ3v) is 7.75. The Morgan fingerprint density at radius 3 is 2.70 bits per heavy atom. The SMILES string of the molecule is CCC[C@H](N[C@H]1CCc2cc(F)cc(F)c2C1)C(=O)Nc1cn(CC(=O)N[C@@H](C)C2CCCCC2)cn1. The van der Waals surface area contributed by atoms with Crippen LogP contribution in [0.1, 0.15) is 76.3 Å². The fourth-order valence-electron chi connectivity index (χ4n) is 5.73. The van der Waals surface area contributed by atoms with Crippen LogP contribution in [0.3, 0.4) is 0 Å². The van der Waals surface area contributed by atoms with Gasteiger partial charge in [-0.3, -0.25) is 9.59 Å². The van der Waals surface area contributed by atoms with Crippen molar-refractivity contribution in [1.29, 1.82) is 0 Å². The fraction of sp³-hybridized carbons (Fsp3) is 0.607. The summed E-state index contributed by atoms with van der Waals surface area (Å²) in [5.41, 5.74) is 1.23. The van der Waals surface area contributed by atoms with E-state index in [4.69, 9.17) is 0 Å². The molecule has 9 heteroatoms. The summed E-state index contributed by atoms with van der Waals surface area (Å²) in [6.07, 6.45) is 12.4. The summed E-state index contributed by atoms with van der Waals surface area (Å²) in [5.74, 6) is -0.441. The zero-order valence-corrected chi connectivity index (χ0v) is 21.9. The Kier molecular flexibility index (Phi) is 9.29. The lowest BCUT2D eigenvalue weighted by molar-refractivity contribution is -0.122. The standard InChI is InChI=1S/C28H39F2N5O2/c1-3-7-25(33-22-11-10-20-12-21(29)13-24(30)23(20)14-22)28(37)34-26-15-35(17-31-26)16-27(36)32-18(2)19-8-5-4-6-9-19/h12-13,15,17-19,22,25,33H,3-11,14,16H2,1-2H3,(H,32,36)(H,34,37)/t18-,22-,25-/m0/s1. The van der Waals surface area contributed by atoms with Crippen molar-refractivity contribution in [2.24, 2.45) is 5.92 Å². The lowest BCUT2D eigenvalue weighted by atomic mass is 9.84. The van der Waals surface area contributed by atoms with Gasteiger partial charge in [0.1, 0.15) is 18.2 Å². The highest BCUT2D eigenvalue weighted by molar-refractivity contribution is 5.94. The first-order chi connectivity index (χ1) is 17.8. The average Bonchev–Trinajstić information content (AvgIpc) is 3.30. The van der Waals surface area contributed by atoms with Crippen molar-refractivity contribution in [3.8, 4) is 0 Å². The van der Waals surface area contributed by atoms with Crippen molar-refractivity contribution in [2.75, 3.05) is 5.32 Å². The molecule has 2 aromatic rings. The number of aryl methyl sites for hydroxylation is 1. The molecule has 3 N–H and O–H groups in total. The first-order valence-corrected chi connectivity index (χ1v) is 13.7. The van der Waals surface area contributed by atoms with E-state index in [2.05, 4.69) is 27.9 Å². The number of aromatic nitrogens is 2. The Morgan fingerprint density at radius 1 is 1.16 bits per heavy atom. The average molecular weight is 516 g/mol. The minimum absolute atomic E-state index is 0.0661. The van der Waals surface area contributed by atoms with Gasteiger partial charge in [-0.05, 0) is 68.6 Å². The van der Waals surface area contributed by atoms with E-state index in [1.54, 1.807) is 17.1 Å². The molecule has 1 aromatic carbocycles. The maximum Gasteiger partial charge on any atom is 0.242 e.